The van der Waals surface area contributed by atoms with Gasteiger partial charge in [-0.2, -0.15) is 0 Å². The molecule has 1 aromatic carbocycles. The fourth-order valence-electron chi connectivity index (χ4n) is 2.16. The van der Waals surface area contributed by atoms with Crippen LogP contribution >= 0.6 is 11.6 Å². The molecule has 0 radical (unpaired) electrons. The van der Waals surface area contributed by atoms with Gasteiger partial charge in [0, 0.05) is 23.2 Å². The molecule has 0 fully saturated rings. The summed E-state index contributed by atoms with van der Waals surface area (Å²) in [4.78, 5) is 16.6. The Hall–Kier alpha value is -0.900. The molecule has 0 saturated heterocycles. The molecule has 1 atom stereocenters. The lowest BCUT2D eigenvalue weighted by Gasteiger charge is -2.29. The zero-order chi connectivity index (χ0) is 14.4. The first-order valence-corrected chi connectivity index (χ1v) is 6.99. The molecule has 3 nitrogen and oxygen atoms in total. The molecule has 106 valence electrons. The van der Waals surface area contributed by atoms with Crippen LogP contribution in [0.1, 0.15) is 24.2 Å². The van der Waals surface area contributed by atoms with Gasteiger partial charge in [0.25, 0.3) is 0 Å². The van der Waals surface area contributed by atoms with Crippen LogP contribution in [-0.2, 0) is 0 Å². The number of rotatable bonds is 7. The first kappa shape index (κ1) is 16.2. The van der Waals surface area contributed by atoms with E-state index in [1.807, 2.05) is 26.2 Å². The van der Waals surface area contributed by atoms with Crippen molar-refractivity contribution in [3.63, 3.8) is 0 Å². The zero-order valence-electron chi connectivity index (χ0n) is 12.2. The third-order valence-electron chi connectivity index (χ3n) is 3.15. The quantitative estimate of drug-likeness (QED) is 0.719. The van der Waals surface area contributed by atoms with E-state index in [2.05, 4.69) is 23.6 Å². The molecule has 1 unspecified atom stereocenters. The maximum absolute atomic E-state index is 12.2. The number of benzene rings is 1. The largest absolute Gasteiger partial charge is 0.308 e. The minimum absolute atomic E-state index is 0.120. The lowest BCUT2D eigenvalue weighted by molar-refractivity contribution is 0.0888. The second-order valence-corrected chi connectivity index (χ2v) is 5.54. The van der Waals surface area contributed by atoms with Gasteiger partial charge in [0.05, 0.1) is 6.54 Å². The van der Waals surface area contributed by atoms with E-state index in [0.717, 1.165) is 13.1 Å². The number of likely N-dealkylation sites (N-methyl/N-ethyl adjacent to an activating group) is 2. The Morgan fingerprint density at radius 1 is 1.37 bits per heavy atom. The summed E-state index contributed by atoms with van der Waals surface area (Å²) in [7, 11) is 4.09. The summed E-state index contributed by atoms with van der Waals surface area (Å²) < 4.78 is 0. The standard InChI is InChI=1S/C15H23ClN2O/c1-5-18(12(2)10-17(3)4)11-15(19)13-7-6-8-14(16)9-13/h6-9,12H,5,10-11H2,1-4H3. The van der Waals surface area contributed by atoms with Crippen molar-refractivity contribution in [1.29, 1.82) is 0 Å². The van der Waals surface area contributed by atoms with E-state index in [4.69, 9.17) is 11.6 Å². The molecular weight excluding hydrogens is 260 g/mol. The van der Waals surface area contributed by atoms with E-state index < -0.39 is 0 Å². The van der Waals surface area contributed by atoms with Crippen LogP contribution in [-0.4, -0.2) is 55.4 Å². The molecule has 0 bridgehead atoms. The average Bonchev–Trinajstić information content (AvgIpc) is 2.34. The number of carbonyl (C=O) groups excluding carboxylic acids is 1. The molecule has 4 heteroatoms. The van der Waals surface area contributed by atoms with Crippen LogP contribution in [0.15, 0.2) is 24.3 Å². The van der Waals surface area contributed by atoms with E-state index in [1.54, 1.807) is 12.1 Å². The van der Waals surface area contributed by atoms with E-state index in [9.17, 15) is 4.79 Å². The second-order valence-electron chi connectivity index (χ2n) is 5.11. The predicted molar refractivity (Wildman–Crippen MR) is 81.0 cm³/mol. The Labute approximate surface area is 121 Å². The van der Waals surface area contributed by atoms with Crippen molar-refractivity contribution in [2.75, 3.05) is 33.7 Å². The molecule has 0 aliphatic carbocycles. The molecule has 0 N–H and O–H groups in total. The molecule has 1 rings (SSSR count). The van der Waals surface area contributed by atoms with E-state index >= 15 is 0 Å². The minimum atomic E-state index is 0.120. The molecule has 0 heterocycles. The normalized spacial score (nSPS) is 13.0. The van der Waals surface area contributed by atoms with Crippen molar-refractivity contribution >= 4 is 17.4 Å². The minimum Gasteiger partial charge on any atom is -0.308 e. The third-order valence-corrected chi connectivity index (χ3v) is 3.39. The number of hydrogen-bond acceptors (Lipinski definition) is 3. The second kappa shape index (κ2) is 7.63. The SMILES string of the molecule is CCN(CC(=O)c1cccc(Cl)c1)C(C)CN(C)C. The van der Waals surface area contributed by atoms with E-state index in [-0.39, 0.29) is 5.78 Å². The van der Waals surface area contributed by atoms with Gasteiger partial charge >= 0.3 is 0 Å². The van der Waals surface area contributed by atoms with Crippen LogP contribution < -0.4 is 0 Å². The average molecular weight is 283 g/mol. The van der Waals surface area contributed by atoms with Gasteiger partial charge in [0.2, 0.25) is 0 Å². The molecule has 1 aromatic rings. The predicted octanol–water partition coefficient (Wildman–Crippen LogP) is 2.79. The fraction of sp³-hybridized carbons (Fsp3) is 0.533. The summed E-state index contributed by atoms with van der Waals surface area (Å²) in [6, 6.07) is 7.50. The summed E-state index contributed by atoms with van der Waals surface area (Å²) in [6.07, 6.45) is 0. The van der Waals surface area contributed by atoms with Crippen LogP contribution in [0.4, 0.5) is 0 Å². The molecule has 19 heavy (non-hydrogen) atoms. The smallest absolute Gasteiger partial charge is 0.176 e. The van der Waals surface area contributed by atoms with Gasteiger partial charge in [-0.15, -0.1) is 0 Å². The van der Waals surface area contributed by atoms with Gasteiger partial charge in [0.1, 0.15) is 0 Å². The van der Waals surface area contributed by atoms with Crippen LogP contribution in [0.2, 0.25) is 5.02 Å². The molecule has 0 aliphatic rings. The molecule has 0 saturated carbocycles. The number of carbonyl (C=O) groups is 1. The van der Waals surface area contributed by atoms with Crippen molar-refractivity contribution in [2.45, 2.75) is 19.9 Å². The van der Waals surface area contributed by atoms with Crippen molar-refractivity contribution in [3.05, 3.63) is 34.9 Å². The highest BCUT2D eigenvalue weighted by Gasteiger charge is 2.17. The van der Waals surface area contributed by atoms with E-state index in [1.165, 1.54) is 0 Å². The number of nitrogens with zero attached hydrogens (tertiary/aromatic N) is 2. The monoisotopic (exact) mass is 282 g/mol. The highest BCUT2D eigenvalue weighted by atomic mass is 35.5. The van der Waals surface area contributed by atoms with Crippen molar-refractivity contribution in [2.24, 2.45) is 0 Å². The van der Waals surface area contributed by atoms with Gasteiger partial charge in [-0.25, -0.2) is 0 Å². The van der Waals surface area contributed by atoms with Crippen LogP contribution in [0, 0.1) is 0 Å². The first-order chi connectivity index (χ1) is 8.93. The number of hydrogen-bond donors (Lipinski definition) is 0. The third kappa shape index (κ3) is 5.31. The Balaban J connectivity index is 2.68. The molecule has 0 spiro atoms. The highest BCUT2D eigenvalue weighted by molar-refractivity contribution is 6.31. The molecular formula is C15H23ClN2O. The number of halogens is 1. The fourth-order valence-corrected chi connectivity index (χ4v) is 2.35. The maximum atomic E-state index is 12.2. The first-order valence-electron chi connectivity index (χ1n) is 6.61. The molecule has 0 aliphatic heterocycles. The summed E-state index contributed by atoms with van der Waals surface area (Å²) in [5.41, 5.74) is 0.683. The van der Waals surface area contributed by atoms with Crippen LogP contribution in [0.3, 0.4) is 0 Å². The summed E-state index contributed by atoms with van der Waals surface area (Å²) in [5.74, 6) is 0.120. The zero-order valence-corrected chi connectivity index (χ0v) is 12.9. The Kier molecular flexibility index (Phi) is 6.49. The Morgan fingerprint density at radius 2 is 2.05 bits per heavy atom. The van der Waals surface area contributed by atoms with Gasteiger partial charge in [0.15, 0.2) is 5.78 Å². The Bertz CT molecular complexity index is 420. The lowest BCUT2D eigenvalue weighted by atomic mass is 10.1. The summed E-state index contributed by atoms with van der Waals surface area (Å²) >= 11 is 5.92. The van der Waals surface area contributed by atoms with Crippen molar-refractivity contribution in [3.8, 4) is 0 Å². The molecule has 0 aromatic heterocycles. The number of ketones is 1. The van der Waals surface area contributed by atoms with Gasteiger partial charge in [-0.1, -0.05) is 30.7 Å². The van der Waals surface area contributed by atoms with Crippen molar-refractivity contribution < 1.29 is 4.79 Å². The van der Waals surface area contributed by atoms with Gasteiger partial charge in [-0.05, 0) is 39.7 Å². The Morgan fingerprint density at radius 3 is 2.58 bits per heavy atom. The van der Waals surface area contributed by atoms with Crippen LogP contribution in [0.25, 0.3) is 0 Å². The lowest BCUT2D eigenvalue weighted by Crippen LogP contribution is -2.42. The van der Waals surface area contributed by atoms with Crippen LogP contribution in [0.5, 0.6) is 0 Å². The number of Topliss-reactive ketones (excluding diaryl/α,β-unsaturated/α-hetero) is 1. The van der Waals surface area contributed by atoms with E-state index in [0.29, 0.717) is 23.2 Å². The topological polar surface area (TPSA) is 23.6 Å². The van der Waals surface area contributed by atoms with Crippen molar-refractivity contribution in [1.82, 2.24) is 9.80 Å². The maximum Gasteiger partial charge on any atom is 0.176 e. The molecule has 0 amide bonds. The summed E-state index contributed by atoms with van der Waals surface area (Å²) in [5, 5.41) is 0.607. The summed E-state index contributed by atoms with van der Waals surface area (Å²) in [6.45, 7) is 6.47. The van der Waals surface area contributed by atoms with Gasteiger partial charge in [-0.3, -0.25) is 9.69 Å². The van der Waals surface area contributed by atoms with Gasteiger partial charge < -0.3 is 4.90 Å². The highest BCUT2D eigenvalue weighted by Crippen LogP contribution is 2.12.